The zero-order chi connectivity index (χ0) is 13.7. The van der Waals surface area contributed by atoms with Gasteiger partial charge >= 0.3 is 0 Å². The summed E-state index contributed by atoms with van der Waals surface area (Å²) in [5.74, 6) is 0.194. The minimum atomic E-state index is -0.349. The van der Waals surface area contributed by atoms with Crippen LogP contribution in [0.2, 0.25) is 0 Å². The van der Waals surface area contributed by atoms with Gasteiger partial charge in [0.1, 0.15) is 6.04 Å². The van der Waals surface area contributed by atoms with Crippen molar-refractivity contribution in [2.45, 2.75) is 51.6 Å². The van der Waals surface area contributed by atoms with Crippen LogP contribution in [0.15, 0.2) is 0 Å². The zero-order valence-corrected chi connectivity index (χ0v) is 13.6. The lowest BCUT2D eigenvalue weighted by Gasteiger charge is -2.33. The Labute approximate surface area is 123 Å². The summed E-state index contributed by atoms with van der Waals surface area (Å²) in [5, 5.41) is 2.93. The highest BCUT2D eigenvalue weighted by molar-refractivity contribution is 14.1. The van der Waals surface area contributed by atoms with Crippen LogP contribution in [-0.2, 0) is 9.59 Å². The average Bonchev–Trinajstić information content (AvgIpc) is 2.35. The maximum absolute atomic E-state index is 12.2. The molecule has 1 rings (SSSR count). The fraction of sp³-hybridized carbons (Fsp3) is 0.846. The van der Waals surface area contributed by atoms with Crippen molar-refractivity contribution in [2.24, 2.45) is 5.92 Å². The van der Waals surface area contributed by atoms with Gasteiger partial charge in [0.2, 0.25) is 9.70 Å². The Morgan fingerprint density at radius 2 is 2.11 bits per heavy atom. The van der Waals surface area contributed by atoms with E-state index >= 15 is 0 Å². The molecule has 0 bridgehead atoms. The first-order valence-corrected chi connectivity index (χ1v) is 7.75. The number of hydrogen-bond acceptors (Lipinski definition) is 3. The molecule has 5 heteroatoms. The van der Waals surface area contributed by atoms with Crippen LogP contribution >= 0.6 is 22.6 Å². The molecular weight excluding hydrogens is 343 g/mol. The van der Waals surface area contributed by atoms with E-state index in [4.69, 9.17) is 0 Å². The lowest BCUT2D eigenvalue weighted by molar-refractivity contribution is -0.130. The minimum absolute atomic E-state index is 0.00696. The normalized spacial score (nSPS) is 24.3. The monoisotopic (exact) mass is 366 g/mol. The SMILES string of the molecule is CC[C@H](C)[C@H](NC(=O)[C@H]1CCCCN1C)C(=O)I. The molecule has 3 atom stereocenters. The van der Waals surface area contributed by atoms with Crippen LogP contribution in [0.25, 0.3) is 0 Å². The number of amides is 1. The first-order chi connectivity index (χ1) is 8.47. The van der Waals surface area contributed by atoms with Crippen molar-refractivity contribution in [3.63, 3.8) is 0 Å². The van der Waals surface area contributed by atoms with Crippen LogP contribution in [0, 0.1) is 5.92 Å². The van der Waals surface area contributed by atoms with Crippen molar-refractivity contribution in [1.82, 2.24) is 10.2 Å². The van der Waals surface area contributed by atoms with Crippen molar-refractivity contribution in [3.8, 4) is 0 Å². The van der Waals surface area contributed by atoms with Gasteiger partial charge in [-0.15, -0.1) is 0 Å². The van der Waals surface area contributed by atoms with Crippen LogP contribution < -0.4 is 5.32 Å². The van der Waals surface area contributed by atoms with Gasteiger partial charge in [-0.2, -0.15) is 0 Å². The van der Waals surface area contributed by atoms with E-state index in [0.717, 1.165) is 32.2 Å². The van der Waals surface area contributed by atoms with E-state index < -0.39 is 0 Å². The van der Waals surface area contributed by atoms with Gasteiger partial charge in [-0.1, -0.05) is 26.7 Å². The summed E-state index contributed by atoms with van der Waals surface area (Å²) in [6.45, 7) is 5.01. The molecule has 104 valence electrons. The molecule has 4 nitrogen and oxygen atoms in total. The highest BCUT2D eigenvalue weighted by Gasteiger charge is 2.30. The molecule has 1 fully saturated rings. The third-order valence-corrected chi connectivity index (χ3v) is 4.50. The molecule has 1 heterocycles. The van der Waals surface area contributed by atoms with E-state index in [1.165, 1.54) is 0 Å². The van der Waals surface area contributed by atoms with E-state index in [1.807, 2.05) is 20.9 Å². The van der Waals surface area contributed by atoms with Gasteiger partial charge in [0.05, 0.1) is 6.04 Å². The van der Waals surface area contributed by atoms with E-state index in [1.54, 1.807) is 22.6 Å². The fourth-order valence-corrected chi connectivity index (χ4v) is 3.08. The second-order valence-electron chi connectivity index (χ2n) is 5.17. The number of carbonyl (C=O) groups excluding carboxylic acids is 2. The molecule has 0 spiro atoms. The number of likely N-dealkylation sites (N-methyl/N-ethyl adjacent to an activating group) is 1. The Morgan fingerprint density at radius 3 is 2.61 bits per heavy atom. The number of nitrogens with zero attached hydrogens (tertiary/aromatic N) is 1. The Balaban J connectivity index is 2.63. The Bertz CT molecular complexity index is 309. The average molecular weight is 366 g/mol. The molecule has 0 unspecified atom stereocenters. The largest absolute Gasteiger partial charge is 0.344 e. The van der Waals surface area contributed by atoms with Crippen molar-refractivity contribution in [2.75, 3.05) is 13.6 Å². The highest BCUT2D eigenvalue weighted by atomic mass is 127. The van der Waals surface area contributed by atoms with Crippen LogP contribution in [0.5, 0.6) is 0 Å². The minimum Gasteiger partial charge on any atom is -0.344 e. The molecule has 18 heavy (non-hydrogen) atoms. The molecule has 0 aromatic rings. The number of piperidine rings is 1. The third kappa shape index (κ3) is 4.19. The van der Waals surface area contributed by atoms with Gasteiger partial charge in [0.15, 0.2) is 0 Å². The quantitative estimate of drug-likeness (QED) is 0.598. The van der Waals surface area contributed by atoms with Gasteiger partial charge in [0, 0.05) is 22.6 Å². The molecular formula is C13H23IN2O2. The smallest absolute Gasteiger partial charge is 0.237 e. The number of carbonyl (C=O) groups is 2. The van der Waals surface area contributed by atoms with Gasteiger partial charge in [0.25, 0.3) is 0 Å². The summed E-state index contributed by atoms with van der Waals surface area (Å²) >= 11 is 1.79. The Kier molecular flexibility index (Phi) is 6.55. The van der Waals surface area contributed by atoms with Crippen molar-refractivity contribution in [3.05, 3.63) is 0 Å². The molecule has 1 aliphatic heterocycles. The molecule has 0 saturated carbocycles. The lowest BCUT2D eigenvalue weighted by atomic mass is 9.98. The van der Waals surface area contributed by atoms with Crippen LogP contribution in [0.3, 0.4) is 0 Å². The first kappa shape index (κ1) is 15.9. The maximum Gasteiger partial charge on any atom is 0.237 e. The second kappa shape index (κ2) is 7.43. The predicted molar refractivity (Wildman–Crippen MR) is 80.7 cm³/mol. The summed E-state index contributed by atoms with van der Waals surface area (Å²) in [6.07, 6.45) is 4.03. The summed E-state index contributed by atoms with van der Waals surface area (Å²) in [7, 11) is 1.98. The van der Waals surface area contributed by atoms with Crippen LogP contribution in [0.1, 0.15) is 39.5 Å². The second-order valence-corrected chi connectivity index (χ2v) is 6.23. The predicted octanol–water partition coefficient (Wildman–Crippen LogP) is 1.96. The van der Waals surface area contributed by atoms with E-state index in [2.05, 4.69) is 10.2 Å². The van der Waals surface area contributed by atoms with Crippen LogP contribution in [0.4, 0.5) is 0 Å². The third-order valence-electron chi connectivity index (χ3n) is 3.83. The van der Waals surface area contributed by atoms with Crippen LogP contribution in [-0.4, -0.2) is 40.3 Å². The molecule has 1 saturated heterocycles. The van der Waals surface area contributed by atoms with Gasteiger partial charge in [-0.05, 0) is 32.4 Å². The number of likely N-dealkylation sites (tertiary alicyclic amines) is 1. The number of rotatable bonds is 5. The van der Waals surface area contributed by atoms with Gasteiger partial charge in [-0.25, -0.2) is 0 Å². The van der Waals surface area contributed by atoms with E-state index in [-0.39, 0.29) is 27.7 Å². The summed E-state index contributed by atoms with van der Waals surface area (Å²) in [6, 6.07) is -0.417. The lowest BCUT2D eigenvalue weighted by Crippen LogP contribution is -2.53. The van der Waals surface area contributed by atoms with E-state index in [9.17, 15) is 9.59 Å². The molecule has 0 aromatic heterocycles. The molecule has 1 amide bonds. The van der Waals surface area contributed by atoms with Crippen molar-refractivity contribution < 1.29 is 9.59 Å². The highest BCUT2D eigenvalue weighted by Crippen LogP contribution is 2.17. The van der Waals surface area contributed by atoms with E-state index in [0.29, 0.717) is 0 Å². The number of halogens is 1. The summed E-state index contributed by atoms with van der Waals surface area (Å²) in [4.78, 5) is 25.9. The molecule has 0 radical (unpaired) electrons. The molecule has 0 aliphatic carbocycles. The molecule has 0 aromatic carbocycles. The topological polar surface area (TPSA) is 49.4 Å². The van der Waals surface area contributed by atoms with Crippen molar-refractivity contribution in [1.29, 1.82) is 0 Å². The maximum atomic E-state index is 12.2. The number of nitrogens with one attached hydrogen (secondary N) is 1. The van der Waals surface area contributed by atoms with Gasteiger partial charge < -0.3 is 5.32 Å². The number of hydrogen-bond donors (Lipinski definition) is 1. The fourth-order valence-electron chi connectivity index (χ4n) is 2.31. The molecule has 1 N–H and O–H groups in total. The summed E-state index contributed by atoms with van der Waals surface area (Å²) < 4.78 is 0.0220. The first-order valence-electron chi connectivity index (χ1n) is 6.67. The molecule has 1 aliphatic rings. The Hall–Kier alpha value is -0.170. The van der Waals surface area contributed by atoms with Gasteiger partial charge in [-0.3, -0.25) is 14.5 Å². The Morgan fingerprint density at radius 1 is 1.44 bits per heavy atom. The van der Waals surface area contributed by atoms with Crippen molar-refractivity contribution >= 4 is 32.3 Å². The standard InChI is InChI=1S/C13H23IN2O2/c1-4-9(2)11(12(14)17)15-13(18)10-7-5-6-8-16(10)3/h9-11H,4-8H2,1-3H3,(H,15,18)/t9-,10+,11-/m0/s1. The summed E-state index contributed by atoms with van der Waals surface area (Å²) in [5.41, 5.74) is 0. The zero-order valence-electron chi connectivity index (χ0n) is 11.4.